The largest absolute Gasteiger partial charge is 0.353 e. The SMILES string of the molecule is Cc1cnc(NC(=O)c2csc(C3CCN(C(=O)N4CCN(c5ccccn5)CC4)CC3)n2)s1. The van der Waals surface area contributed by atoms with Crippen molar-refractivity contribution in [1.82, 2.24) is 24.8 Å². The summed E-state index contributed by atoms with van der Waals surface area (Å²) in [5.74, 6) is 1.02. The maximum Gasteiger partial charge on any atom is 0.320 e. The second-order valence-corrected chi connectivity index (χ2v) is 10.6. The summed E-state index contributed by atoms with van der Waals surface area (Å²) in [4.78, 5) is 45.9. The molecule has 2 saturated heterocycles. The highest BCUT2D eigenvalue weighted by Crippen LogP contribution is 2.31. The van der Waals surface area contributed by atoms with Crippen molar-refractivity contribution in [2.45, 2.75) is 25.7 Å². The number of hydrogen-bond donors (Lipinski definition) is 1. The zero-order chi connectivity index (χ0) is 23.5. The molecule has 0 radical (unpaired) electrons. The molecule has 3 aromatic rings. The van der Waals surface area contributed by atoms with Gasteiger partial charge in [0.25, 0.3) is 5.91 Å². The molecule has 9 nitrogen and oxygen atoms in total. The van der Waals surface area contributed by atoms with Gasteiger partial charge in [-0.05, 0) is 31.9 Å². The molecule has 0 bridgehead atoms. The number of likely N-dealkylation sites (tertiary alicyclic amines) is 1. The number of nitrogens with zero attached hydrogens (tertiary/aromatic N) is 6. The maximum absolute atomic E-state index is 13.1. The van der Waals surface area contributed by atoms with Crippen molar-refractivity contribution in [3.63, 3.8) is 0 Å². The summed E-state index contributed by atoms with van der Waals surface area (Å²) < 4.78 is 0. The van der Waals surface area contributed by atoms with E-state index in [4.69, 9.17) is 0 Å². The minimum Gasteiger partial charge on any atom is -0.353 e. The van der Waals surface area contributed by atoms with Crippen LogP contribution in [0.2, 0.25) is 0 Å². The average molecular weight is 498 g/mol. The van der Waals surface area contributed by atoms with Crippen molar-refractivity contribution in [2.75, 3.05) is 49.5 Å². The Kier molecular flexibility index (Phi) is 6.73. The molecule has 2 aliphatic heterocycles. The number of carbonyl (C=O) groups excluding carboxylic acids is 2. The molecule has 34 heavy (non-hydrogen) atoms. The lowest BCUT2D eigenvalue weighted by molar-refractivity contribution is 0.102. The fraction of sp³-hybridized carbons (Fsp3) is 0.435. The number of thiazole rings is 2. The first-order chi connectivity index (χ1) is 16.6. The Morgan fingerprint density at radius 1 is 1.03 bits per heavy atom. The Bertz CT molecular complexity index is 1130. The smallest absolute Gasteiger partial charge is 0.320 e. The summed E-state index contributed by atoms with van der Waals surface area (Å²) in [5, 5.41) is 6.18. The molecule has 2 aliphatic rings. The second-order valence-electron chi connectivity index (χ2n) is 8.51. The van der Waals surface area contributed by atoms with Gasteiger partial charge < -0.3 is 14.7 Å². The highest BCUT2D eigenvalue weighted by Gasteiger charge is 2.30. The number of amides is 3. The Morgan fingerprint density at radius 3 is 2.47 bits per heavy atom. The Balaban J connectivity index is 1.10. The van der Waals surface area contributed by atoms with Crippen LogP contribution in [0.3, 0.4) is 0 Å². The van der Waals surface area contributed by atoms with Crippen LogP contribution in [0.1, 0.15) is 39.1 Å². The van der Waals surface area contributed by atoms with Crippen molar-refractivity contribution >= 4 is 45.6 Å². The van der Waals surface area contributed by atoms with E-state index in [0.29, 0.717) is 37.0 Å². The Morgan fingerprint density at radius 2 is 1.79 bits per heavy atom. The molecule has 0 spiro atoms. The minimum absolute atomic E-state index is 0.122. The van der Waals surface area contributed by atoms with Crippen LogP contribution in [0.25, 0.3) is 0 Å². The molecule has 0 aliphatic carbocycles. The first-order valence-corrected chi connectivity index (χ1v) is 13.2. The molecule has 0 atom stereocenters. The maximum atomic E-state index is 13.1. The molecule has 11 heteroatoms. The van der Waals surface area contributed by atoms with Crippen molar-refractivity contribution in [1.29, 1.82) is 0 Å². The molecule has 0 unspecified atom stereocenters. The number of urea groups is 1. The number of piperidine rings is 1. The van der Waals surface area contributed by atoms with Crippen molar-refractivity contribution in [2.24, 2.45) is 0 Å². The summed E-state index contributed by atoms with van der Waals surface area (Å²) in [7, 11) is 0. The molecule has 3 amide bonds. The van der Waals surface area contributed by atoms with E-state index < -0.39 is 0 Å². The third kappa shape index (κ3) is 5.05. The van der Waals surface area contributed by atoms with E-state index in [1.54, 1.807) is 12.4 Å². The number of carbonyl (C=O) groups is 2. The number of rotatable bonds is 4. The van der Waals surface area contributed by atoms with Gasteiger partial charge in [0.15, 0.2) is 5.13 Å². The highest BCUT2D eigenvalue weighted by molar-refractivity contribution is 7.15. The molecule has 0 aromatic carbocycles. The summed E-state index contributed by atoms with van der Waals surface area (Å²) >= 11 is 2.97. The molecule has 3 aromatic heterocycles. The third-order valence-corrected chi connectivity index (χ3v) is 8.07. The van der Waals surface area contributed by atoms with Gasteiger partial charge in [0.2, 0.25) is 0 Å². The second kappa shape index (κ2) is 10.1. The highest BCUT2D eigenvalue weighted by atomic mass is 32.1. The number of pyridine rings is 1. The fourth-order valence-corrected chi connectivity index (χ4v) is 5.97. The van der Waals surface area contributed by atoms with Crippen molar-refractivity contribution in [3.05, 3.63) is 51.6 Å². The number of aromatic nitrogens is 3. The first kappa shape index (κ1) is 22.7. The van der Waals surface area contributed by atoms with Crippen LogP contribution >= 0.6 is 22.7 Å². The van der Waals surface area contributed by atoms with E-state index in [2.05, 4.69) is 25.2 Å². The van der Waals surface area contributed by atoms with Gasteiger partial charge in [-0.25, -0.2) is 19.7 Å². The minimum atomic E-state index is -0.227. The standard InChI is InChI=1S/C23H27N7O2S2/c1-16-14-25-22(34-16)27-20(31)18-15-33-21(26-18)17-5-8-29(9-6-17)23(32)30-12-10-28(11-13-30)19-4-2-3-7-24-19/h2-4,7,14-15,17H,5-6,8-13H2,1H3,(H,25,27,31). The monoisotopic (exact) mass is 497 g/mol. The summed E-state index contributed by atoms with van der Waals surface area (Å²) in [5.41, 5.74) is 0.428. The number of nitrogens with one attached hydrogen (secondary N) is 1. The van der Waals surface area contributed by atoms with Gasteiger partial charge in [-0.2, -0.15) is 0 Å². The van der Waals surface area contributed by atoms with E-state index in [1.165, 1.54) is 22.7 Å². The average Bonchev–Trinajstić information content (AvgIpc) is 3.54. The van der Waals surface area contributed by atoms with Crippen molar-refractivity contribution in [3.8, 4) is 0 Å². The van der Waals surface area contributed by atoms with Crippen LogP contribution in [0, 0.1) is 6.92 Å². The molecule has 5 rings (SSSR count). The fourth-order valence-electron chi connectivity index (χ4n) is 4.34. The zero-order valence-electron chi connectivity index (χ0n) is 19.0. The number of anilines is 2. The Hall–Kier alpha value is -3.05. The molecule has 2 fully saturated rings. The number of piperazine rings is 1. The predicted octanol–water partition coefficient (Wildman–Crippen LogP) is 3.68. The molecule has 0 saturated carbocycles. The van der Waals surface area contributed by atoms with Gasteiger partial charge in [-0.15, -0.1) is 22.7 Å². The van der Waals surface area contributed by atoms with Gasteiger partial charge in [0.1, 0.15) is 11.5 Å². The van der Waals surface area contributed by atoms with E-state index in [-0.39, 0.29) is 17.9 Å². The van der Waals surface area contributed by atoms with Gasteiger partial charge in [0, 0.05) is 67.8 Å². The normalized spacial score (nSPS) is 17.1. The van der Waals surface area contributed by atoms with Crippen LogP contribution in [-0.4, -0.2) is 76.0 Å². The van der Waals surface area contributed by atoms with Crippen LogP contribution < -0.4 is 10.2 Å². The van der Waals surface area contributed by atoms with Crippen LogP contribution in [0.15, 0.2) is 36.0 Å². The van der Waals surface area contributed by atoms with Crippen LogP contribution in [0.5, 0.6) is 0 Å². The van der Waals surface area contributed by atoms with Crippen molar-refractivity contribution < 1.29 is 9.59 Å². The molecule has 1 N–H and O–H groups in total. The molecular weight excluding hydrogens is 470 g/mol. The van der Waals surface area contributed by atoms with Crippen LogP contribution in [0.4, 0.5) is 15.7 Å². The first-order valence-electron chi connectivity index (χ1n) is 11.5. The predicted molar refractivity (Wildman–Crippen MR) is 134 cm³/mol. The number of hydrogen-bond acceptors (Lipinski definition) is 8. The number of aryl methyl sites for hydroxylation is 1. The lowest BCUT2D eigenvalue weighted by atomic mass is 9.98. The lowest BCUT2D eigenvalue weighted by Gasteiger charge is -2.39. The summed E-state index contributed by atoms with van der Waals surface area (Å²) in [6.07, 6.45) is 5.26. The quantitative estimate of drug-likeness (QED) is 0.591. The van der Waals surface area contributed by atoms with Gasteiger partial charge in [-0.1, -0.05) is 6.07 Å². The lowest BCUT2D eigenvalue weighted by Crippen LogP contribution is -2.54. The third-order valence-electron chi connectivity index (χ3n) is 6.23. The van der Waals surface area contributed by atoms with Crippen LogP contribution in [-0.2, 0) is 0 Å². The van der Waals surface area contributed by atoms with Gasteiger partial charge in [-0.3, -0.25) is 10.1 Å². The topological polar surface area (TPSA) is 94.6 Å². The van der Waals surface area contributed by atoms with E-state index in [1.807, 2.05) is 40.3 Å². The van der Waals surface area contributed by atoms with E-state index >= 15 is 0 Å². The zero-order valence-corrected chi connectivity index (χ0v) is 20.6. The molecule has 5 heterocycles. The molecule has 178 valence electrons. The van der Waals surface area contributed by atoms with E-state index in [9.17, 15) is 9.59 Å². The van der Waals surface area contributed by atoms with E-state index in [0.717, 1.165) is 41.6 Å². The van der Waals surface area contributed by atoms with Gasteiger partial charge in [0.05, 0.1) is 5.01 Å². The van der Waals surface area contributed by atoms with Gasteiger partial charge >= 0.3 is 6.03 Å². The summed E-state index contributed by atoms with van der Waals surface area (Å²) in [6.45, 7) is 6.38. The Labute approximate surface area is 206 Å². The molecular formula is C23H27N7O2S2. The summed E-state index contributed by atoms with van der Waals surface area (Å²) in [6, 6.07) is 6.04.